The second-order valence-electron chi connectivity index (χ2n) is 11.7. The van der Waals surface area contributed by atoms with Gasteiger partial charge < -0.3 is 4.90 Å². The van der Waals surface area contributed by atoms with Crippen LogP contribution >= 0.6 is 23.2 Å². The number of imide groups is 2. The summed E-state index contributed by atoms with van der Waals surface area (Å²) in [6.07, 6.45) is 4.55. The molecule has 7 nitrogen and oxygen atoms in total. The van der Waals surface area contributed by atoms with E-state index in [0.717, 1.165) is 42.6 Å². The number of hydrogen-bond donors (Lipinski definition) is 0. The Hall–Kier alpha value is -3.68. The normalized spacial score (nSPS) is 27.7. The fourth-order valence-electron chi connectivity index (χ4n) is 7.74. The summed E-state index contributed by atoms with van der Waals surface area (Å²) >= 11 is 12.5. The molecule has 9 heteroatoms. The zero-order valence-electron chi connectivity index (χ0n) is 22.8. The molecule has 3 heterocycles. The fourth-order valence-corrected chi connectivity index (χ4v) is 8.05. The SMILES string of the molecule is O=C1C2C(c3ccc(Cl)cc3)N3C(=O)N(c4cccc(Cl)c4)C(=O)[C@@]3(Cc3ccccc3)C2C(=O)N1C1CCCCC1. The third-order valence-corrected chi connectivity index (χ3v) is 9.94. The van der Waals surface area contributed by atoms with E-state index in [2.05, 4.69) is 0 Å². The van der Waals surface area contributed by atoms with Crippen molar-refractivity contribution in [3.05, 3.63) is 100 Å². The summed E-state index contributed by atoms with van der Waals surface area (Å²) in [7, 11) is 0. The second-order valence-corrected chi connectivity index (χ2v) is 12.6. The van der Waals surface area contributed by atoms with Crippen LogP contribution in [0.15, 0.2) is 78.9 Å². The second kappa shape index (κ2) is 10.2. The third-order valence-electron chi connectivity index (χ3n) is 9.45. The van der Waals surface area contributed by atoms with E-state index in [1.165, 1.54) is 9.80 Å². The Morgan fingerprint density at radius 1 is 0.762 bits per heavy atom. The number of rotatable bonds is 5. The number of urea groups is 1. The van der Waals surface area contributed by atoms with Crippen LogP contribution in [0.5, 0.6) is 0 Å². The van der Waals surface area contributed by atoms with Crippen molar-refractivity contribution < 1.29 is 19.2 Å². The lowest BCUT2D eigenvalue weighted by Gasteiger charge is -2.37. The number of hydrogen-bond acceptors (Lipinski definition) is 4. The Morgan fingerprint density at radius 3 is 2.17 bits per heavy atom. The molecule has 0 aromatic heterocycles. The summed E-state index contributed by atoms with van der Waals surface area (Å²) in [4.78, 5) is 62.4. The molecule has 3 aromatic rings. The zero-order chi connectivity index (χ0) is 29.2. The zero-order valence-corrected chi connectivity index (χ0v) is 24.3. The van der Waals surface area contributed by atoms with Crippen LogP contribution in [0.25, 0.3) is 0 Å². The third kappa shape index (κ3) is 3.93. The number of amides is 5. The Labute approximate surface area is 254 Å². The summed E-state index contributed by atoms with van der Waals surface area (Å²) in [6, 6.07) is 21.3. The monoisotopic (exact) mass is 601 g/mol. The lowest BCUT2D eigenvalue weighted by molar-refractivity contribution is -0.147. The lowest BCUT2D eigenvalue weighted by Crippen LogP contribution is -2.56. The molecule has 1 aliphatic carbocycles. The minimum atomic E-state index is -1.61. The smallest absolute Gasteiger partial charge is 0.300 e. The summed E-state index contributed by atoms with van der Waals surface area (Å²) in [5.74, 6) is -3.10. The maximum absolute atomic E-state index is 14.9. The van der Waals surface area contributed by atoms with Crippen LogP contribution in [-0.4, -0.2) is 45.1 Å². The van der Waals surface area contributed by atoms with E-state index in [1.54, 1.807) is 48.5 Å². The van der Waals surface area contributed by atoms with Gasteiger partial charge in [0.1, 0.15) is 5.54 Å². The quantitative estimate of drug-likeness (QED) is 0.249. The van der Waals surface area contributed by atoms with Gasteiger partial charge in [0, 0.05) is 22.5 Å². The van der Waals surface area contributed by atoms with Gasteiger partial charge in [-0.05, 0) is 54.3 Å². The number of carbonyl (C=O) groups is 4. The van der Waals surface area contributed by atoms with Gasteiger partial charge in [0.05, 0.1) is 23.6 Å². The van der Waals surface area contributed by atoms with Crippen molar-refractivity contribution >= 4 is 52.6 Å². The first-order chi connectivity index (χ1) is 20.3. The van der Waals surface area contributed by atoms with Crippen molar-refractivity contribution in [2.75, 3.05) is 4.90 Å². The van der Waals surface area contributed by atoms with E-state index in [0.29, 0.717) is 21.3 Å². The average molecular weight is 603 g/mol. The van der Waals surface area contributed by atoms with E-state index >= 15 is 0 Å². The van der Waals surface area contributed by atoms with E-state index in [9.17, 15) is 19.2 Å². The predicted octanol–water partition coefficient (Wildman–Crippen LogP) is 6.43. The molecule has 3 aliphatic heterocycles. The number of likely N-dealkylation sites (tertiary alicyclic amines) is 1. The molecule has 4 aliphatic rings. The number of benzene rings is 3. The van der Waals surface area contributed by atoms with Crippen molar-refractivity contribution in [1.29, 1.82) is 0 Å². The van der Waals surface area contributed by atoms with E-state index in [1.807, 2.05) is 30.3 Å². The Balaban J connectivity index is 1.45. The van der Waals surface area contributed by atoms with E-state index in [4.69, 9.17) is 23.2 Å². The number of fused-ring (bicyclic) bond motifs is 3. The molecule has 3 saturated heterocycles. The molecule has 0 spiro atoms. The Morgan fingerprint density at radius 2 is 1.48 bits per heavy atom. The number of anilines is 1. The van der Waals surface area contributed by atoms with Crippen molar-refractivity contribution in [2.24, 2.45) is 11.8 Å². The van der Waals surface area contributed by atoms with Crippen LogP contribution in [-0.2, 0) is 20.8 Å². The minimum Gasteiger partial charge on any atom is -0.300 e. The maximum Gasteiger partial charge on any atom is 0.332 e. The van der Waals surface area contributed by atoms with Crippen LogP contribution in [0, 0.1) is 11.8 Å². The highest BCUT2D eigenvalue weighted by Crippen LogP contribution is 2.60. The van der Waals surface area contributed by atoms with Crippen LogP contribution in [0.3, 0.4) is 0 Å². The molecule has 4 atom stereocenters. The predicted molar refractivity (Wildman–Crippen MR) is 159 cm³/mol. The molecule has 0 bridgehead atoms. The first-order valence-electron chi connectivity index (χ1n) is 14.4. The first-order valence-corrected chi connectivity index (χ1v) is 15.2. The average Bonchev–Trinajstić information content (AvgIpc) is 3.52. The first kappa shape index (κ1) is 27.2. The van der Waals surface area contributed by atoms with Gasteiger partial charge in [-0.3, -0.25) is 19.3 Å². The van der Waals surface area contributed by atoms with Crippen molar-refractivity contribution in [3.8, 4) is 0 Å². The summed E-state index contributed by atoms with van der Waals surface area (Å²) < 4.78 is 0. The minimum absolute atomic E-state index is 0.0955. The Kier molecular flexibility index (Phi) is 6.63. The molecule has 0 N–H and O–H groups in total. The lowest BCUT2D eigenvalue weighted by atomic mass is 9.75. The number of halogens is 2. The fraction of sp³-hybridized carbons (Fsp3) is 0.333. The van der Waals surface area contributed by atoms with Gasteiger partial charge in [0.25, 0.3) is 5.91 Å². The van der Waals surface area contributed by atoms with Gasteiger partial charge in [0.2, 0.25) is 11.8 Å². The highest BCUT2D eigenvalue weighted by molar-refractivity contribution is 6.32. The van der Waals surface area contributed by atoms with Crippen molar-refractivity contribution in [1.82, 2.24) is 9.80 Å². The molecule has 7 rings (SSSR count). The highest BCUT2D eigenvalue weighted by Gasteiger charge is 2.77. The summed E-state index contributed by atoms with van der Waals surface area (Å²) in [5, 5.41) is 0.880. The largest absolute Gasteiger partial charge is 0.332 e. The molecule has 5 amide bonds. The van der Waals surface area contributed by atoms with Crippen LogP contribution in [0.2, 0.25) is 10.0 Å². The molecule has 3 unspecified atom stereocenters. The molecule has 214 valence electrons. The number of nitrogens with zero attached hydrogens (tertiary/aromatic N) is 3. The van der Waals surface area contributed by atoms with Gasteiger partial charge in [-0.2, -0.15) is 0 Å². The van der Waals surface area contributed by atoms with Gasteiger partial charge >= 0.3 is 6.03 Å². The van der Waals surface area contributed by atoms with Gasteiger partial charge in [-0.1, -0.05) is 91.0 Å². The molecule has 1 saturated carbocycles. The van der Waals surface area contributed by atoms with Crippen LogP contribution in [0.1, 0.15) is 49.3 Å². The van der Waals surface area contributed by atoms with Gasteiger partial charge in [-0.25, -0.2) is 9.69 Å². The molecule has 0 radical (unpaired) electrons. The summed E-state index contributed by atoms with van der Waals surface area (Å²) in [5.41, 5.74) is 0.173. The highest BCUT2D eigenvalue weighted by atomic mass is 35.5. The van der Waals surface area contributed by atoms with Crippen LogP contribution in [0.4, 0.5) is 10.5 Å². The van der Waals surface area contributed by atoms with E-state index < -0.39 is 35.4 Å². The van der Waals surface area contributed by atoms with E-state index in [-0.39, 0.29) is 24.3 Å². The van der Waals surface area contributed by atoms with Crippen molar-refractivity contribution in [3.63, 3.8) is 0 Å². The van der Waals surface area contributed by atoms with Crippen LogP contribution < -0.4 is 4.90 Å². The standard InChI is InChI=1S/C33H29Cl2N3O4/c34-22-16-14-21(15-17-22)28-26-27(30(40)36(29(26)39)24-11-5-2-6-12-24)33(19-20-8-3-1-4-9-20)31(41)37(32(42)38(28)33)25-13-7-10-23(35)18-25/h1,3-4,7-10,13-18,24,26-28H,2,5-6,11-12,19H2/t26?,27?,28?,33-/m1/s1. The van der Waals surface area contributed by atoms with Crippen molar-refractivity contribution in [2.45, 2.75) is 56.1 Å². The molecule has 42 heavy (non-hydrogen) atoms. The molecular formula is C33H29Cl2N3O4. The van der Waals surface area contributed by atoms with Gasteiger partial charge in [0.15, 0.2) is 0 Å². The molecular weight excluding hydrogens is 573 g/mol. The summed E-state index contributed by atoms with van der Waals surface area (Å²) in [6.45, 7) is 0. The number of carbonyl (C=O) groups excluding carboxylic acids is 4. The molecule has 3 aromatic carbocycles. The molecule has 4 fully saturated rings. The topological polar surface area (TPSA) is 78.0 Å². The Bertz CT molecular complexity index is 1590. The maximum atomic E-state index is 14.9. The van der Waals surface area contributed by atoms with Gasteiger partial charge in [-0.15, -0.1) is 0 Å².